The minimum atomic E-state index is -0.793. The van der Waals surface area contributed by atoms with Crippen molar-refractivity contribution < 1.29 is 28.7 Å². The molecule has 0 spiro atoms. The van der Waals surface area contributed by atoms with Crippen LogP contribution in [0.1, 0.15) is 50.8 Å². The van der Waals surface area contributed by atoms with Crippen LogP contribution in [0.4, 0.5) is 0 Å². The molecule has 1 aliphatic heterocycles. The second-order valence-corrected chi connectivity index (χ2v) is 10.7. The first kappa shape index (κ1) is 28.3. The number of esters is 1. The third-order valence-electron chi connectivity index (χ3n) is 7.13. The number of halogens is 2. The number of fused-ring (bicyclic) bond motifs is 1. The molecule has 1 aliphatic carbocycles. The molecule has 0 unspecified atom stereocenters. The first-order chi connectivity index (χ1) is 19.6. The molecule has 5 rings (SSSR count). The van der Waals surface area contributed by atoms with Crippen molar-refractivity contribution >= 4 is 52.7 Å². The van der Waals surface area contributed by atoms with E-state index in [1.54, 1.807) is 30.3 Å². The summed E-state index contributed by atoms with van der Waals surface area (Å²) in [6.45, 7) is 1.28. The van der Waals surface area contributed by atoms with Gasteiger partial charge in [-0.15, -0.1) is 0 Å². The van der Waals surface area contributed by atoms with Gasteiger partial charge in [-0.1, -0.05) is 53.1 Å². The second kappa shape index (κ2) is 11.7. The number of ether oxygens (including phenoxy) is 1. The smallest absolute Gasteiger partial charge is 0.343 e. The average molecular weight is 591 g/mol. The third-order valence-corrected chi connectivity index (χ3v) is 7.67. The number of carbonyl (C=O) groups is 5. The summed E-state index contributed by atoms with van der Waals surface area (Å²) in [4.78, 5) is 66.4. The van der Waals surface area contributed by atoms with Gasteiger partial charge in [-0.25, -0.2) is 9.80 Å². The highest BCUT2D eigenvalue weighted by molar-refractivity contribution is 6.36. The molecule has 0 N–H and O–H groups in total. The van der Waals surface area contributed by atoms with Crippen LogP contribution in [-0.2, 0) is 9.59 Å². The van der Waals surface area contributed by atoms with E-state index in [9.17, 15) is 24.0 Å². The fourth-order valence-corrected chi connectivity index (χ4v) is 5.46. The average Bonchev–Trinajstić information content (AvgIpc) is 3.20. The molecule has 2 aliphatic rings. The van der Waals surface area contributed by atoms with Crippen LogP contribution < -0.4 is 4.74 Å². The zero-order chi connectivity index (χ0) is 29.3. The molecule has 2 atom stereocenters. The Morgan fingerprint density at radius 1 is 0.902 bits per heavy atom. The molecular formula is C31H24Cl2N2O6. The van der Waals surface area contributed by atoms with E-state index < -0.39 is 47.9 Å². The standard InChI is InChI=1S/C31H24Cl2N2O6/c1-18-7-13-23-25(15-18)30(39)35(29(23)38)34(28(37)24-14-10-21(32)16-26(24)33)17-27(36)19-8-11-22(12-9-19)41-31(40)20-5-3-2-4-6-20/h2-12,14,16,23,25H,13,15,17H2,1H3/t23-,25-/m1/s1. The van der Waals surface area contributed by atoms with Gasteiger partial charge in [0.2, 0.25) is 0 Å². The van der Waals surface area contributed by atoms with Gasteiger partial charge in [-0.3, -0.25) is 19.2 Å². The van der Waals surface area contributed by atoms with Gasteiger partial charge in [0.05, 0.1) is 28.0 Å². The number of carbonyl (C=O) groups excluding carboxylic acids is 5. The molecule has 8 nitrogen and oxygen atoms in total. The van der Waals surface area contributed by atoms with Gasteiger partial charge in [0.15, 0.2) is 5.78 Å². The van der Waals surface area contributed by atoms with Crippen molar-refractivity contribution in [2.24, 2.45) is 11.8 Å². The summed E-state index contributed by atoms with van der Waals surface area (Å²) in [6, 6.07) is 18.4. The first-order valence-electron chi connectivity index (χ1n) is 12.8. The molecule has 41 heavy (non-hydrogen) atoms. The van der Waals surface area contributed by atoms with Crippen LogP contribution in [0.25, 0.3) is 0 Å². The van der Waals surface area contributed by atoms with Gasteiger partial charge in [0, 0.05) is 10.6 Å². The Balaban J connectivity index is 1.40. The van der Waals surface area contributed by atoms with E-state index in [0.717, 1.165) is 15.6 Å². The highest BCUT2D eigenvalue weighted by Gasteiger charge is 2.52. The Hall–Kier alpha value is -4.27. The SMILES string of the molecule is CC1=CC[C@H]2C(=O)N(N(CC(=O)c3ccc(OC(=O)c4ccccc4)cc3)C(=O)c3ccc(Cl)cc3Cl)C(=O)[C@@H]2C1. The molecule has 208 valence electrons. The van der Waals surface area contributed by atoms with Crippen molar-refractivity contribution in [3.8, 4) is 5.75 Å². The van der Waals surface area contributed by atoms with Gasteiger partial charge in [0.1, 0.15) is 12.3 Å². The molecule has 3 amide bonds. The number of hydrazine groups is 1. The van der Waals surface area contributed by atoms with Crippen molar-refractivity contribution in [3.05, 3.63) is 111 Å². The van der Waals surface area contributed by atoms with Crippen molar-refractivity contribution in [3.63, 3.8) is 0 Å². The molecule has 0 radical (unpaired) electrons. The molecule has 3 aromatic rings. The molecule has 1 heterocycles. The van der Waals surface area contributed by atoms with Crippen LogP contribution in [0, 0.1) is 11.8 Å². The Labute approximate surface area is 246 Å². The number of hydrogen-bond acceptors (Lipinski definition) is 6. The highest BCUT2D eigenvalue weighted by atomic mass is 35.5. The highest BCUT2D eigenvalue weighted by Crippen LogP contribution is 2.39. The number of Topliss-reactive ketones (excluding diaryl/α,β-unsaturated/α-hetero) is 1. The third kappa shape index (κ3) is 5.80. The molecule has 0 aromatic heterocycles. The van der Waals surface area contributed by atoms with Crippen LogP contribution in [-0.4, -0.2) is 46.0 Å². The Kier molecular flexibility index (Phi) is 8.06. The molecule has 1 saturated heterocycles. The second-order valence-electron chi connectivity index (χ2n) is 9.88. The first-order valence-corrected chi connectivity index (χ1v) is 13.6. The molecule has 0 saturated carbocycles. The molecule has 1 fully saturated rings. The Bertz CT molecular complexity index is 1590. The van der Waals surface area contributed by atoms with E-state index in [2.05, 4.69) is 0 Å². The molecule has 10 heteroatoms. The van der Waals surface area contributed by atoms with E-state index in [-0.39, 0.29) is 21.9 Å². The lowest BCUT2D eigenvalue weighted by atomic mass is 9.82. The summed E-state index contributed by atoms with van der Waals surface area (Å²) in [6.07, 6.45) is 2.68. The zero-order valence-corrected chi connectivity index (χ0v) is 23.4. The summed E-state index contributed by atoms with van der Waals surface area (Å²) < 4.78 is 5.36. The monoisotopic (exact) mass is 590 g/mol. The van der Waals surface area contributed by atoms with E-state index in [0.29, 0.717) is 23.4 Å². The minimum absolute atomic E-state index is 0.0126. The normalized spacial score (nSPS) is 18.0. The lowest BCUT2D eigenvalue weighted by Gasteiger charge is -2.30. The van der Waals surface area contributed by atoms with Gasteiger partial charge < -0.3 is 4.74 Å². The number of amides is 3. The number of ketones is 1. The minimum Gasteiger partial charge on any atom is -0.423 e. The van der Waals surface area contributed by atoms with Crippen LogP contribution in [0.2, 0.25) is 10.0 Å². The molecule has 3 aromatic carbocycles. The van der Waals surface area contributed by atoms with Crippen molar-refractivity contribution in [1.29, 1.82) is 0 Å². The van der Waals surface area contributed by atoms with Crippen LogP contribution in [0.15, 0.2) is 84.4 Å². The lowest BCUT2D eigenvalue weighted by Crippen LogP contribution is -2.52. The summed E-state index contributed by atoms with van der Waals surface area (Å²) in [5, 5.41) is 1.96. The van der Waals surface area contributed by atoms with Crippen LogP contribution >= 0.6 is 23.2 Å². The van der Waals surface area contributed by atoms with Crippen molar-refractivity contribution in [1.82, 2.24) is 10.0 Å². The number of hydrogen-bond donors (Lipinski definition) is 0. The summed E-state index contributed by atoms with van der Waals surface area (Å²) in [5.41, 5.74) is 1.51. The number of rotatable bonds is 7. The quantitative estimate of drug-likeness (QED) is 0.113. The Morgan fingerprint density at radius 2 is 1.59 bits per heavy atom. The van der Waals surface area contributed by atoms with Crippen LogP contribution in [0.5, 0.6) is 5.75 Å². The zero-order valence-electron chi connectivity index (χ0n) is 21.9. The number of imide groups is 1. The summed E-state index contributed by atoms with van der Waals surface area (Å²) in [7, 11) is 0. The van der Waals surface area contributed by atoms with Gasteiger partial charge >= 0.3 is 5.97 Å². The number of benzene rings is 3. The van der Waals surface area contributed by atoms with Gasteiger partial charge in [0.25, 0.3) is 17.7 Å². The fraction of sp³-hybridized carbons (Fsp3) is 0.194. The largest absolute Gasteiger partial charge is 0.423 e. The maximum absolute atomic E-state index is 13.7. The van der Waals surface area contributed by atoms with E-state index in [4.69, 9.17) is 27.9 Å². The predicted octanol–water partition coefficient (Wildman–Crippen LogP) is 5.79. The molecular weight excluding hydrogens is 567 g/mol. The van der Waals surface area contributed by atoms with Crippen LogP contribution in [0.3, 0.4) is 0 Å². The van der Waals surface area contributed by atoms with Crippen molar-refractivity contribution in [2.75, 3.05) is 6.54 Å². The maximum Gasteiger partial charge on any atom is 0.343 e. The van der Waals surface area contributed by atoms with E-state index in [1.807, 2.05) is 13.0 Å². The lowest BCUT2D eigenvalue weighted by molar-refractivity contribution is -0.154. The topological polar surface area (TPSA) is 101 Å². The summed E-state index contributed by atoms with van der Waals surface area (Å²) in [5.74, 6) is -3.99. The Morgan fingerprint density at radius 3 is 2.27 bits per heavy atom. The predicted molar refractivity (Wildman–Crippen MR) is 151 cm³/mol. The fourth-order valence-electron chi connectivity index (χ4n) is 4.97. The number of allylic oxidation sites excluding steroid dienone is 2. The van der Waals surface area contributed by atoms with Gasteiger partial charge in [-0.2, -0.15) is 5.01 Å². The van der Waals surface area contributed by atoms with E-state index >= 15 is 0 Å². The summed E-state index contributed by atoms with van der Waals surface area (Å²) >= 11 is 12.3. The maximum atomic E-state index is 13.7. The van der Waals surface area contributed by atoms with Gasteiger partial charge in [-0.05, 0) is 74.4 Å². The van der Waals surface area contributed by atoms with Crippen molar-refractivity contribution in [2.45, 2.75) is 19.8 Å². The molecule has 0 bridgehead atoms. The van der Waals surface area contributed by atoms with E-state index in [1.165, 1.54) is 42.5 Å². The number of nitrogens with zero attached hydrogens (tertiary/aromatic N) is 2.